The van der Waals surface area contributed by atoms with Crippen LogP contribution in [0.3, 0.4) is 0 Å². The van der Waals surface area contributed by atoms with E-state index in [4.69, 9.17) is 11.6 Å². The second-order valence-electron chi connectivity index (χ2n) is 7.06. The van der Waals surface area contributed by atoms with E-state index in [1.54, 1.807) is 0 Å². The van der Waals surface area contributed by atoms with Gasteiger partial charge in [-0.3, -0.25) is 0 Å². The minimum absolute atomic E-state index is 0.728. The minimum atomic E-state index is 0.728. The van der Waals surface area contributed by atoms with Gasteiger partial charge in [0.1, 0.15) is 5.71 Å². The number of aromatic nitrogens is 1. The van der Waals surface area contributed by atoms with Crippen LogP contribution in [0.4, 0.5) is 0 Å². The highest BCUT2D eigenvalue weighted by Gasteiger charge is 2.10. The molecule has 3 aromatic carbocycles. The molecule has 0 aliphatic rings. The topological polar surface area (TPSA) is 29.6 Å². The fraction of sp³-hybridized carbons (Fsp3) is 0.0769. The standard InChI is InChI=1S/C26H22ClN3/c1-19-17-23(20(2)30(19)25-15-13-24(27)14-16-25)18-28-29-26(21-9-5-3-6-10-21)22-11-7-4-8-12-22/h3-18H,1-2H3. The first-order valence-corrected chi connectivity index (χ1v) is 10.2. The van der Waals surface area contributed by atoms with Gasteiger partial charge in [0.05, 0.1) is 6.21 Å². The van der Waals surface area contributed by atoms with Crippen molar-refractivity contribution < 1.29 is 0 Å². The van der Waals surface area contributed by atoms with E-state index in [-0.39, 0.29) is 0 Å². The molecule has 4 heteroatoms. The molecule has 0 N–H and O–H groups in total. The molecular weight excluding hydrogens is 390 g/mol. The molecule has 0 bridgehead atoms. The average Bonchev–Trinajstić information content (AvgIpc) is 3.06. The predicted molar refractivity (Wildman–Crippen MR) is 126 cm³/mol. The Labute approximate surface area is 182 Å². The molecule has 3 nitrogen and oxygen atoms in total. The van der Waals surface area contributed by atoms with Crippen molar-refractivity contribution in [1.29, 1.82) is 0 Å². The largest absolute Gasteiger partial charge is 0.318 e. The fourth-order valence-corrected chi connectivity index (χ4v) is 3.65. The van der Waals surface area contributed by atoms with Gasteiger partial charge in [-0.15, -0.1) is 5.10 Å². The van der Waals surface area contributed by atoms with Crippen molar-refractivity contribution in [2.45, 2.75) is 13.8 Å². The van der Waals surface area contributed by atoms with Crippen molar-refractivity contribution in [2.75, 3.05) is 0 Å². The van der Waals surface area contributed by atoms with Crippen LogP contribution in [0.5, 0.6) is 0 Å². The highest BCUT2D eigenvalue weighted by atomic mass is 35.5. The summed E-state index contributed by atoms with van der Waals surface area (Å²) in [7, 11) is 0. The maximum atomic E-state index is 6.04. The summed E-state index contributed by atoms with van der Waals surface area (Å²) in [5.41, 5.74) is 7.26. The first-order valence-electron chi connectivity index (χ1n) is 9.80. The summed E-state index contributed by atoms with van der Waals surface area (Å²) in [6.45, 7) is 4.17. The smallest absolute Gasteiger partial charge is 0.100 e. The van der Waals surface area contributed by atoms with Crippen molar-refractivity contribution in [3.63, 3.8) is 0 Å². The van der Waals surface area contributed by atoms with E-state index in [1.807, 2.05) is 91.1 Å². The van der Waals surface area contributed by atoms with Crippen molar-refractivity contribution in [3.05, 3.63) is 124 Å². The van der Waals surface area contributed by atoms with E-state index in [2.05, 4.69) is 34.7 Å². The maximum Gasteiger partial charge on any atom is 0.100 e. The zero-order valence-electron chi connectivity index (χ0n) is 17.0. The van der Waals surface area contributed by atoms with Gasteiger partial charge in [0.15, 0.2) is 0 Å². The number of aryl methyl sites for hydroxylation is 1. The van der Waals surface area contributed by atoms with E-state index in [0.717, 1.165) is 44.5 Å². The average molecular weight is 412 g/mol. The van der Waals surface area contributed by atoms with Crippen LogP contribution in [0, 0.1) is 13.8 Å². The summed E-state index contributed by atoms with van der Waals surface area (Å²) < 4.78 is 2.19. The van der Waals surface area contributed by atoms with Crippen LogP contribution in [0.15, 0.2) is 101 Å². The molecule has 0 saturated carbocycles. The van der Waals surface area contributed by atoms with Crippen molar-refractivity contribution >= 4 is 23.5 Å². The normalized spacial score (nSPS) is 11.0. The van der Waals surface area contributed by atoms with E-state index < -0.39 is 0 Å². The molecule has 0 unspecified atom stereocenters. The number of hydrogen-bond donors (Lipinski definition) is 0. The highest BCUT2D eigenvalue weighted by Crippen LogP contribution is 2.21. The lowest BCUT2D eigenvalue weighted by molar-refractivity contribution is 0.965. The molecule has 0 fully saturated rings. The molecule has 4 aromatic rings. The van der Waals surface area contributed by atoms with Gasteiger partial charge in [0.25, 0.3) is 0 Å². The first kappa shape index (κ1) is 19.9. The van der Waals surface area contributed by atoms with Gasteiger partial charge in [-0.25, -0.2) is 0 Å². The molecule has 0 saturated heterocycles. The third-order valence-corrected chi connectivity index (χ3v) is 5.26. The molecule has 0 spiro atoms. The summed E-state index contributed by atoms with van der Waals surface area (Å²) in [5.74, 6) is 0. The molecule has 30 heavy (non-hydrogen) atoms. The number of halogens is 1. The number of rotatable bonds is 5. The second-order valence-corrected chi connectivity index (χ2v) is 7.50. The molecule has 0 aliphatic heterocycles. The molecule has 1 heterocycles. The zero-order valence-corrected chi connectivity index (χ0v) is 17.7. The van der Waals surface area contributed by atoms with Crippen LogP contribution in [-0.2, 0) is 0 Å². The molecule has 0 radical (unpaired) electrons. The molecule has 148 valence electrons. The van der Waals surface area contributed by atoms with Crippen LogP contribution >= 0.6 is 11.6 Å². The molecule has 0 aliphatic carbocycles. The van der Waals surface area contributed by atoms with Crippen molar-refractivity contribution in [2.24, 2.45) is 10.2 Å². The Balaban J connectivity index is 1.69. The number of benzene rings is 3. The molecular formula is C26H22ClN3. The predicted octanol–water partition coefficient (Wildman–Crippen LogP) is 6.62. The SMILES string of the molecule is Cc1cc(C=NN=C(c2ccccc2)c2ccccc2)c(C)n1-c1ccc(Cl)cc1. The van der Waals surface area contributed by atoms with Gasteiger partial charge in [0.2, 0.25) is 0 Å². The fourth-order valence-electron chi connectivity index (χ4n) is 3.53. The number of hydrogen-bond acceptors (Lipinski definition) is 2. The van der Waals surface area contributed by atoms with Crippen LogP contribution in [0.2, 0.25) is 5.02 Å². The highest BCUT2D eigenvalue weighted by molar-refractivity contribution is 6.30. The lowest BCUT2D eigenvalue weighted by atomic mass is 10.0. The summed E-state index contributed by atoms with van der Waals surface area (Å²) >= 11 is 6.04. The van der Waals surface area contributed by atoms with Crippen LogP contribution in [0.1, 0.15) is 28.1 Å². The number of nitrogens with zero attached hydrogens (tertiary/aromatic N) is 3. The lowest BCUT2D eigenvalue weighted by Crippen LogP contribution is -2.02. The van der Waals surface area contributed by atoms with Gasteiger partial charge in [-0.05, 0) is 44.2 Å². The Bertz CT molecular complexity index is 1150. The van der Waals surface area contributed by atoms with Gasteiger partial charge < -0.3 is 4.57 Å². The summed E-state index contributed by atoms with van der Waals surface area (Å²) in [4.78, 5) is 0. The van der Waals surface area contributed by atoms with Crippen molar-refractivity contribution in [3.8, 4) is 5.69 Å². The first-order chi connectivity index (χ1) is 14.6. The Kier molecular flexibility index (Phi) is 5.92. The third-order valence-electron chi connectivity index (χ3n) is 5.00. The monoisotopic (exact) mass is 411 g/mol. The third kappa shape index (κ3) is 4.27. The summed E-state index contributed by atoms with van der Waals surface area (Å²) in [6.07, 6.45) is 1.82. The van der Waals surface area contributed by atoms with E-state index in [9.17, 15) is 0 Å². The van der Waals surface area contributed by atoms with E-state index in [0.29, 0.717) is 0 Å². The Morgan fingerprint density at radius 3 is 1.93 bits per heavy atom. The van der Waals surface area contributed by atoms with Crippen LogP contribution in [-0.4, -0.2) is 16.5 Å². The second kappa shape index (κ2) is 8.93. The Hall–Kier alpha value is -3.43. The van der Waals surface area contributed by atoms with Gasteiger partial charge in [-0.1, -0.05) is 72.3 Å². The summed E-state index contributed by atoms with van der Waals surface area (Å²) in [5, 5.41) is 9.76. The zero-order chi connectivity index (χ0) is 20.9. The van der Waals surface area contributed by atoms with Crippen LogP contribution < -0.4 is 0 Å². The van der Waals surface area contributed by atoms with Gasteiger partial charge >= 0.3 is 0 Å². The quantitative estimate of drug-likeness (QED) is 0.261. The maximum absolute atomic E-state index is 6.04. The van der Waals surface area contributed by atoms with Crippen LogP contribution in [0.25, 0.3) is 5.69 Å². The van der Waals surface area contributed by atoms with Gasteiger partial charge in [-0.2, -0.15) is 5.10 Å². The molecule has 0 atom stereocenters. The molecule has 4 rings (SSSR count). The Morgan fingerprint density at radius 2 is 1.37 bits per heavy atom. The molecule has 0 amide bonds. The van der Waals surface area contributed by atoms with E-state index in [1.165, 1.54) is 0 Å². The Morgan fingerprint density at radius 1 is 0.800 bits per heavy atom. The van der Waals surface area contributed by atoms with E-state index >= 15 is 0 Å². The molecule has 1 aromatic heterocycles. The van der Waals surface area contributed by atoms with Crippen molar-refractivity contribution in [1.82, 2.24) is 4.57 Å². The van der Waals surface area contributed by atoms with Gasteiger partial charge in [0, 0.05) is 38.8 Å². The summed E-state index contributed by atoms with van der Waals surface area (Å²) in [6, 6.07) is 30.2. The lowest BCUT2D eigenvalue weighted by Gasteiger charge is -2.09. The minimum Gasteiger partial charge on any atom is -0.318 e.